The van der Waals surface area contributed by atoms with E-state index in [9.17, 15) is 4.79 Å². The number of anilines is 1. The Morgan fingerprint density at radius 2 is 1.91 bits per heavy atom. The lowest BCUT2D eigenvalue weighted by Crippen LogP contribution is -2.71. The fourth-order valence-electron chi connectivity index (χ4n) is 5.19. The molecule has 2 aliphatic rings. The van der Waals surface area contributed by atoms with Gasteiger partial charge in [-0.1, -0.05) is 59.6 Å². The SMILES string of the molecule is Cc1ccc(NC(=O)[C@H]2[C@H]3NC(=S)N(CCc4ccccc4)[C@@]2(C)Oc2ccc(Cl)cc23)c(C)c1. The van der Waals surface area contributed by atoms with Crippen molar-refractivity contribution >= 4 is 40.5 Å². The minimum Gasteiger partial charge on any atom is -0.467 e. The number of rotatable bonds is 5. The Morgan fingerprint density at radius 1 is 1.14 bits per heavy atom. The zero-order valence-corrected chi connectivity index (χ0v) is 21.5. The van der Waals surface area contributed by atoms with Gasteiger partial charge in [-0.3, -0.25) is 4.79 Å². The van der Waals surface area contributed by atoms with Crippen LogP contribution >= 0.6 is 23.8 Å². The van der Waals surface area contributed by atoms with Crippen molar-refractivity contribution in [2.24, 2.45) is 5.92 Å². The average molecular weight is 506 g/mol. The van der Waals surface area contributed by atoms with Crippen LogP contribution in [0, 0.1) is 19.8 Å². The van der Waals surface area contributed by atoms with Gasteiger partial charge in [0.1, 0.15) is 11.7 Å². The summed E-state index contributed by atoms with van der Waals surface area (Å²) in [7, 11) is 0. The number of ether oxygens (including phenoxy) is 1. The van der Waals surface area contributed by atoms with Gasteiger partial charge in [-0.2, -0.15) is 0 Å². The van der Waals surface area contributed by atoms with Crippen LogP contribution in [-0.4, -0.2) is 28.2 Å². The highest BCUT2D eigenvalue weighted by atomic mass is 35.5. The first kappa shape index (κ1) is 23.6. The van der Waals surface area contributed by atoms with Gasteiger partial charge in [0.05, 0.1) is 6.04 Å². The molecule has 1 amide bonds. The number of aryl methyl sites for hydroxylation is 2. The molecule has 3 atom stereocenters. The molecule has 0 spiro atoms. The lowest BCUT2D eigenvalue weighted by atomic mass is 9.78. The van der Waals surface area contributed by atoms with E-state index >= 15 is 0 Å². The molecule has 2 bridgehead atoms. The van der Waals surface area contributed by atoms with Crippen molar-refractivity contribution in [2.75, 3.05) is 11.9 Å². The first-order chi connectivity index (χ1) is 16.8. The number of hydrogen-bond acceptors (Lipinski definition) is 3. The van der Waals surface area contributed by atoms with Crippen molar-refractivity contribution in [3.63, 3.8) is 0 Å². The Morgan fingerprint density at radius 3 is 2.66 bits per heavy atom. The summed E-state index contributed by atoms with van der Waals surface area (Å²) < 4.78 is 6.62. The molecule has 2 heterocycles. The summed E-state index contributed by atoms with van der Waals surface area (Å²) in [6.07, 6.45) is 0.769. The van der Waals surface area contributed by atoms with Gasteiger partial charge in [0.2, 0.25) is 5.91 Å². The van der Waals surface area contributed by atoms with Crippen molar-refractivity contribution in [1.82, 2.24) is 10.2 Å². The molecule has 5 nitrogen and oxygen atoms in total. The second-order valence-corrected chi connectivity index (χ2v) is 10.3. The van der Waals surface area contributed by atoms with E-state index in [4.69, 9.17) is 28.6 Å². The van der Waals surface area contributed by atoms with Crippen LogP contribution in [0.2, 0.25) is 5.02 Å². The quantitative estimate of drug-likeness (QED) is 0.429. The number of fused-ring (bicyclic) bond motifs is 4. The van der Waals surface area contributed by atoms with Gasteiger partial charge >= 0.3 is 0 Å². The Hall–Kier alpha value is -3.09. The summed E-state index contributed by atoms with van der Waals surface area (Å²) in [6, 6.07) is 21.4. The molecular formula is C28H28ClN3O2S. The summed E-state index contributed by atoms with van der Waals surface area (Å²) in [6.45, 7) is 6.60. The number of thiocarbonyl (C=S) groups is 1. The fourth-order valence-corrected chi connectivity index (χ4v) is 5.77. The molecule has 5 rings (SSSR count). The molecule has 0 aromatic heterocycles. The first-order valence-electron chi connectivity index (χ1n) is 11.7. The predicted octanol–water partition coefficient (Wildman–Crippen LogP) is 5.79. The van der Waals surface area contributed by atoms with Gasteiger partial charge in [0.25, 0.3) is 0 Å². The third-order valence-electron chi connectivity index (χ3n) is 6.98. The third-order valence-corrected chi connectivity index (χ3v) is 7.56. The van der Waals surface area contributed by atoms with Crippen LogP contribution in [0.25, 0.3) is 0 Å². The molecule has 7 heteroatoms. The number of hydrogen-bond donors (Lipinski definition) is 2. The number of carbonyl (C=O) groups is 1. The van der Waals surface area contributed by atoms with E-state index < -0.39 is 11.6 Å². The number of amides is 1. The summed E-state index contributed by atoms with van der Waals surface area (Å²) in [4.78, 5) is 15.9. The highest BCUT2D eigenvalue weighted by Gasteiger charge is 2.58. The standard InChI is InChI=1S/C28H28ClN3O2S/c1-17-9-11-22(18(2)15-17)30-26(33)24-25-21-16-20(29)10-12-23(21)34-28(24,3)32(27(35)31-25)14-13-19-7-5-4-6-8-19/h4-12,15-16,24-25H,13-14H2,1-3H3,(H,30,33)(H,31,35)/t24-,25+,28+/m1/s1. The number of nitrogens with zero attached hydrogens (tertiary/aromatic N) is 1. The molecule has 2 N–H and O–H groups in total. The molecule has 3 aromatic rings. The largest absolute Gasteiger partial charge is 0.467 e. The molecule has 2 aliphatic heterocycles. The van der Waals surface area contributed by atoms with Gasteiger partial charge in [-0.15, -0.1) is 0 Å². The number of halogens is 1. The lowest BCUT2D eigenvalue weighted by molar-refractivity contribution is -0.149. The van der Waals surface area contributed by atoms with E-state index in [0.717, 1.165) is 28.8 Å². The van der Waals surface area contributed by atoms with Gasteiger partial charge in [-0.25, -0.2) is 0 Å². The molecule has 0 radical (unpaired) electrons. The molecular weight excluding hydrogens is 478 g/mol. The summed E-state index contributed by atoms with van der Waals surface area (Å²) in [5, 5.41) is 7.75. The Labute approximate surface area is 216 Å². The predicted molar refractivity (Wildman–Crippen MR) is 144 cm³/mol. The van der Waals surface area contributed by atoms with E-state index in [1.807, 2.05) is 74.2 Å². The van der Waals surface area contributed by atoms with Crippen LogP contribution in [0.15, 0.2) is 66.7 Å². The lowest BCUT2D eigenvalue weighted by Gasteiger charge is -2.56. The number of benzene rings is 3. The van der Waals surface area contributed by atoms with Crippen LogP contribution in [0.4, 0.5) is 5.69 Å². The van der Waals surface area contributed by atoms with Crippen LogP contribution in [0.5, 0.6) is 5.75 Å². The van der Waals surface area contributed by atoms with Gasteiger partial charge in [-0.05, 0) is 74.8 Å². The van der Waals surface area contributed by atoms with Crippen LogP contribution in [0.1, 0.15) is 35.2 Å². The van der Waals surface area contributed by atoms with E-state index in [1.54, 1.807) is 0 Å². The number of carbonyl (C=O) groups excluding carboxylic acids is 1. The van der Waals surface area contributed by atoms with Crippen LogP contribution in [0.3, 0.4) is 0 Å². The van der Waals surface area contributed by atoms with Gasteiger partial charge in [0.15, 0.2) is 10.8 Å². The second-order valence-electron chi connectivity index (χ2n) is 9.44. The van der Waals surface area contributed by atoms with Crippen molar-refractivity contribution in [3.05, 3.63) is 94.0 Å². The van der Waals surface area contributed by atoms with E-state index in [1.165, 1.54) is 5.56 Å². The van der Waals surface area contributed by atoms with Gasteiger partial charge < -0.3 is 20.3 Å². The molecule has 0 aliphatic carbocycles. The molecule has 0 unspecified atom stereocenters. The minimum absolute atomic E-state index is 0.130. The van der Waals surface area contributed by atoms with Crippen LogP contribution in [-0.2, 0) is 11.2 Å². The first-order valence-corrected chi connectivity index (χ1v) is 12.5. The Kier molecular flexibility index (Phi) is 6.20. The fraction of sp³-hybridized carbons (Fsp3) is 0.286. The van der Waals surface area contributed by atoms with Crippen molar-refractivity contribution in [3.8, 4) is 5.75 Å². The second kappa shape index (κ2) is 9.17. The molecule has 1 saturated heterocycles. The Balaban J connectivity index is 1.52. The van der Waals surface area contributed by atoms with E-state index in [2.05, 4.69) is 28.8 Å². The number of nitrogens with one attached hydrogen (secondary N) is 2. The zero-order chi connectivity index (χ0) is 24.7. The maximum absolute atomic E-state index is 13.9. The molecule has 180 valence electrons. The average Bonchev–Trinajstić information content (AvgIpc) is 2.81. The highest BCUT2D eigenvalue weighted by Crippen LogP contribution is 2.49. The normalized spacial score (nSPS) is 22.6. The highest BCUT2D eigenvalue weighted by molar-refractivity contribution is 7.80. The smallest absolute Gasteiger partial charge is 0.236 e. The topological polar surface area (TPSA) is 53.6 Å². The molecule has 35 heavy (non-hydrogen) atoms. The summed E-state index contributed by atoms with van der Waals surface area (Å²) in [5.74, 6) is 0.00334. The molecule has 0 saturated carbocycles. The van der Waals surface area contributed by atoms with E-state index in [0.29, 0.717) is 22.4 Å². The summed E-state index contributed by atoms with van der Waals surface area (Å²) in [5.41, 5.74) is 4.00. The molecule has 3 aromatic carbocycles. The van der Waals surface area contributed by atoms with Crippen LogP contribution < -0.4 is 15.4 Å². The van der Waals surface area contributed by atoms with Crippen molar-refractivity contribution in [2.45, 2.75) is 39.0 Å². The zero-order valence-electron chi connectivity index (χ0n) is 20.0. The van der Waals surface area contributed by atoms with E-state index in [-0.39, 0.29) is 11.9 Å². The monoisotopic (exact) mass is 505 g/mol. The maximum atomic E-state index is 13.9. The van der Waals surface area contributed by atoms with Crippen molar-refractivity contribution < 1.29 is 9.53 Å². The molecule has 1 fully saturated rings. The third kappa shape index (κ3) is 4.37. The van der Waals surface area contributed by atoms with Gasteiger partial charge in [0, 0.05) is 22.8 Å². The Bertz CT molecular complexity index is 1300. The van der Waals surface area contributed by atoms with Crippen molar-refractivity contribution in [1.29, 1.82) is 0 Å². The minimum atomic E-state index is -0.981. The maximum Gasteiger partial charge on any atom is 0.236 e. The summed E-state index contributed by atoms with van der Waals surface area (Å²) >= 11 is 12.1.